The van der Waals surface area contributed by atoms with Gasteiger partial charge in [0.2, 0.25) is 11.8 Å². The lowest BCUT2D eigenvalue weighted by molar-refractivity contribution is -0.157. The number of unbranched alkanes of at least 4 members (excludes halogenated alkanes) is 3. The van der Waals surface area contributed by atoms with E-state index in [1.54, 1.807) is 11.8 Å². The van der Waals surface area contributed by atoms with Crippen molar-refractivity contribution in [1.82, 2.24) is 10.2 Å². The molecule has 2 atom stereocenters. The molecule has 9 heteroatoms. The number of likely N-dealkylation sites (tertiary alicyclic amines) is 1. The van der Waals surface area contributed by atoms with E-state index in [0.29, 0.717) is 32.5 Å². The Morgan fingerprint density at radius 1 is 1.15 bits per heavy atom. The minimum absolute atomic E-state index is 0.0485. The fourth-order valence-electron chi connectivity index (χ4n) is 4.39. The van der Waals surface area contributed by atoms with Crippen LogP contribution in [0.3, 0.4) is 0 Å². The van der Waals surface area contributed by atoms with Crippen molar-refractivity contribution >= 4 is 23.7 Å². The second-order valence-corrected chi connectivity index (χ2v) is 9.04. The molecular formula is C25H39N5O4. The highest BCUT2D eigenvalue weighted by Gasteiger charge is 2.53. The van der Waals surface area contributed by atoms with Crippen LogP contribution in [-0.4, -0.2) is 61.4 Å². The Bertz CT molecular complexity index is 841. The molecule has 34 heavy (non-hydrogen) atoms. The van der Waals surface area contributed by atoms with Gasteiger partial charge in [0.1, 0.15) is 5.41 Å². The minimum atomic E-state index is -1.22. The molecule has 1 heterocycles. The average Bonchev–Trinajstić information content (AvgIpc) is 3.07. The molecule has 0 spiro atoms. The number of benzene rings is 1. The zero-order chi connectivity index (χ0) is 25.0. The highest BCUT2D eigenvalue weighted by molar-refractivity contribution is 6.04. The number of nitrogens with one attached hydrogen (secondary N) is 1. The van der Waals surface area contributed by atoms with E-state index in [0.717, 1.165) is 38.5 Å². The number of rotatable bonds is 14. The Balaban J connectivity index is 1.84. The fraction of sp³-hybridized carbons (Fsp3) is 0.600. The maximum Gasteiger partial charge on any atom is 0.321 e. The van der Waals surface area contributed by atoms with Gasteiger partial charge in [0.25, 0.3) is 0 Å². The monoisotopic (exact) mass is 473 g/mol. The molecule has 1 fully saturated rings. The van der Waals surface area contributed by atoms with Crippen LogP contribution in [-0.2, 0) is 25.5 Å². The first-order valence-corrected chi connectivity index (χ1v) is 12.0. The summed E-state index contributed by atoms with van der Waals surface area (Å²) in [6.45, 7) is 3.09. The molecule has 2 amide bonds. The summed E-state index contributed by atoms with van der Waals surface area (Å²) >= 11 is 0. The molecular weight excluding hydrogens is 434 g/mol. The van der Waals surface area contributed by atoms with Gasteiger partial charge in [0.05, 0.1) is 13.2 Å². The molecule has 5 N–H and O–H groups in total. The standard InChI is InChI=1S/C25H39N5O4/c1-25(23(33)34-2)17-20(18-29-21(31)14-8-3-4-9-15-28-24(26)27)30(22(25)32)16-10-13-19-11-6-5-7-12-19/h5-7,11-12,20H,3-4,8-10,13-18H2,1-2H3,(H,29,31)(H4,26,27,28)/t20-,25-/m0/s1. The topological polar surface area (TPSA) is 140 Å². The number of aryl methyl sites for hydroxylation is 1. The molecule has 1 aromatic rings. The largest absolute Gasteiger partial charge is 0.468 e. The zero-order valence-corrected chi connectivity index (χ0v) is 20.4. The van der Waals surface area contributed by atoms with Crippen LogP contribution in [0.4, 0.5) is 0 Å². The fourth-order valence-corrected chi connectivity index (χ4v) is 4.39. The van der Waals surface area contributed by atoms with Gasteiger partial charge in [-0.3, -0.25) is 19.4 Å². The van der Waals surface area contributed by atoms with Crippen LogP contribution >= 0.6 is 0 Å². The van der Waals surface area contributed by atoms with Crippen LogP contribution in [0.5, 0.6) is 0 Å². The molecule has 0 radical (unpaired) electrons. The second-order valence-electron chi connectivity index (χ2n) is 9.04. The molecule has 2 rings (SSSR count). The second kappa shape index (κ2) is 13.6. The van der Waals surface area contributed by atoms with Crippen molar-refractivity contribution in [2.24, 2.45) is 21.9 Å². The normalized spacial score (nSPS) is 19.6. The molecule has 1 aromatic carbocycles. The number of hydrogen-bond donors (Lipinski definition) is 3. The molecule has 1 aliphatic heterocycles. The van der Waals surface area contributed by atoms with Crippen LogP contribution in [0, 0.1) is 5.41 Å². The molecule has 9 nitrogen and oxygen atoms in total. The van der Waals surface area contributed by atoms with Crippen molar-refractivity contribution in [3.63, 3.8) is 0 Å². The van der Waals surface area contributed by atoms with E-state index in [9.17, 15) is 14.4 Å². The number of nitrogens with two attached hydrogens (primary N) is 2. The van der Waals surface area contributed by atoms with Crippen molar-refractivity contribution in [3.8, 4) is 0 Å². The van der Waals surface area contributed by atoms with Gasteiger partial charge in [0, 0.05) is 26.1 Å². The smallest absolute Gasteiger partial charge is 0.321 e. The molecule has 0 aromatic heterocycles. The minimum Gasteiger partial charge on any atom is -0.468 e. The van der Waals surface area contributed by atoms with Crippen molar-refractivity contribution < 1.29 is 19.1 Å². The summed E-state index contributed by atoms with van der Waals surface area (Å²) < 4.78 is 4.91. The maximum atomic E-state index is 13.2. The van der Waals surface area contributed by atoms with E-state index in [4.69, 9.17) is 16.2 Å². The molecule has 0 saturated carbocycles. The third kappa shape index (κ3) is 8.04. The third-order valence-corrected chi connectivity index (χ3v) is 6.30. The number of ether oxygens (including phenoxy) is 1. The van der Waals surface area contributed by atoms with Gasteiger partial charge in [-0.05, 0) is 44.6 Å². The number of hydrogen-bond acceptors (Lipinski definition) is 5. The Kier molecular flexibility index (Phi) is 10.8. The molecule has 1 saturated heterocycles. The molecule has 188 valence electrons. The summed E-state index contributed by atoms with van der Waals surface area (Å²) in [6.07, 6.45) is 5.89. The summed E-state index contributed by atoms with van der Waals surface area (Å²) in [6, 6.07) is 9.84. The number of esters is 1. The highest BCUT2D eigenvalue weighted by atomic mass is 16.5. The number of nitrogens with zero attached hydrogens (tertiary/aromatic N) is 2. The molecule has 0 bridgehead atoms. The summed E-state index contributed by atoms with van der Waals surface area (Å²) in [5, 5.41) is 2.96. The van der Waals surface area contributed by atoms with Crippen LogP contribution < -0.4 is 16.8 Å². The maximum absolute atomic E-state index is 13.2. The van der Waals surface area contributed by atoms with E-state index in [1.165, 1.54) is 12.7 Å². The van der Waals surface area contributed by atoms with Gasteiger partial charge in [0.15, 0.2) is 5.96 Å². The Morgan fingerprint density at radius 3 is 2.53 bits per heavy atom. The van der Waals surface area contributed by atoms with Crippen molar-refractivity contribution in [3.05, 3.63) is 35.9 Å². The first kappa shape index (κ1) is 27.1. The lowest BCUT2D eigenvalue weighted by Crippen LogP contribution is -2.43. The predicted molar refractivity (Wildman–Crippen MR) is 132 cm³/mol. The predicted octanol–water partition coefficient (Wildman–Crippen LogP) is 1.74. The van der Waals surface area contributed by atoms with Crippen LogP contribution in [0.15, 0.2) is 35.3 Å². The van der Waals surface area contributed by atoms with Gasteiger partial charge >= 0.3 is 5.97 Å². The average molecular weight is 474 g/mol. The Morgan fingerprint density at radius 2 is 1.85 bits per heavy atom. The van der Waals surface area contributed by atoms with Gasteiger partial charge < -0.3 is 26.4 Å². The summed E-state index contributed by atoms with van der Waals surface area (Å²) in [5.41, 5.74) is 10.6. The molecule has 1 aliphatic rings. The number of amides is 2. The number of carbonyl (C=O) groups excluding carboxylic acids is 3. The zero-order valence-electron chi connectivity index (χ0n) is 20.4. The summed E-state index contributed by atoms with van der Waals surface area (Å²) in [5.74, 6) is -0.706. The lowest BCUT2D eigenvalue weighted by atomic mass is 9.87. The molecule has 0 aliphatic carbocycles. The first-order valence-electron chi connectivity index (χ1n) is 12.0. The van der Waals surface area contributed by atoms with Gasteiger partial charge in [-0.25, -0.2) is 0 Å². The van der Waals surface area contributed by atoms with Crippen LogP contribution in [0.1, 0.15) is 57.4 Å². The van der Waals surface area contributed by atoms with E-state index in [1.807, 2.05) is 18.2 Å². The summed E-state index contributed by atoms with van der Waals surface area (Å²) in [4.78, 5) is 43.6. The van der Waals surface area contributed by atoms with Crippen molar-refractivity contribution in [1.29, 1.82) is 0 Å². The highest BCUT2D eigenvalue weighted by Crippen LogP contribution is 2.37. The van der Waals surface area contributed by atoms with E-state index in [-0.39, 0.29) is 23.8 Å². The quantitative estimate of drug-likeness (QED) is 0.124. The number of guanidine groups is 1. The summed E-state index contributed by atoms with van der Waals surface area (Å²) in [7, 11) is 1.30. The number of methoxy groups -OCH3 is 1. The first-order chi connectivity index (χ1) is 16.3. The SMILES string of the molecule is COC(=O)[C@@]1(C)C[C@@H](CNC(=O)CCCCCCN=C(N)N)N(CCCc2ccccc2)C1=O. The molecule has 0 unspecified atom stereocenters. The van der Waals surface area contributed by atoms with Crippen LogP contribution in [0.2, 0.25) is 0 Å². The van der Waals surface area contributed by atoms with E-state index >= 15 is 0 Å². The van der Waals surface area contributed by atoms with Crippen molar-refractivity contribution in [2.75, 3.05) is 26.7 Å². The van der Waals surface area contributed by atoms with E-state index < -0.39 is 11.4 Å². The number of carbonyl (C=O) groups is 3. The van der Waals surface area contributed by atoms with Gasteiger partial charge in [-0.1, -0.05) is 43.2 Å². The van der Waals surface area contributed by atoms with E-state index in [2.05, 4.69) is 22.4 Å². The van der Waals surface area contributed by atoms with Crippen molar-refractivity contribution in [2.45, 2.75) is 64.3 Å². The van der Waals surface area contributed by atoms with Gasteiger partial charge in [-0.15, -0.1) is 0 Å². The van der Waals surface area contributed by atoms with Crippen LogP contribution in [0.25, 0.3) is 0 Å². The lowest BCUT2D eigenvalue weighted by Gasteiger charge is -2.25. The third-order valence-electron chi connectivity index (χ3n) is 6.30. The Labute approximate surface area is 202 Å². The Hall–Kier alpha value is -3.10. The number of aliphatic imine (C=N–C) groups is 1. The van der Waals surface area contributed by atoms with Gasteiger partial charge in [-0.2, -0.15) is 0 Å².